The average molecular weight is 402 g/mol. The molecule has 148 valence electrons. The van der Waals surface area contributed by atoms with Crippen LogP contribution < -0.4 is 20.9 Å². The van der Waals surface area contributed by atoms with Gasteiger partial charge in [-0.1, -0.05) is 6.92 Å². The monoisotopic (exact) mass is 402 g/mol. The first-order valence-corrected chi connectivity index (χ1v) is 9.82. The molecule has 0 bridgehead atoms. The minimum absolute atomic E-state index is 0.145. The Kier molecular flexibility index (Phi) is 6.27. The quantitative estimate of drug-likeness (QED) is 0.485. The third-order valence-electron chi connectivity index (χ3n) is 3.98. The molecule has 0 radical (unpaired) electrons. The van der Waals surface area contributed by atoms with Crippen molar-refractivity contribution in [2.24, 2.45) is 0 Å². The molecule has 0 aliphatic carbocycles. The number of benzene rings is 1. The standard InChI is InChI=1S/C19H22N4O4S/c1-3-8-27-14-5-4-12(21-19(26)20-6-7-24)9-13(14)16-22-17(25)15-11(2)10-28-18(15)23-16/h4-5,9-10,24H,3,6-8H2,1-2H3,(H2,20,21,26)(H,22,23,25). The molecule has 0 aliphatic rings. The maximum absolute atomic E-state index is 12.5. The fourth-order valence-corrected chi connectivity index (χ4v) is 3.61. The van der Waals surface area contributed by atoms with Crippen LogP contribution in [-0.2, 0) is 0 Å². The highest BCUT2D eigenvalue weighted by atomic mass is 32.1. The largest absolute Gasteiger partial charge is 0.493 e. The van der Waals surface area contributed by atoms with E-state index < -0.39 is 6.03 Å². The van der Waals surface area contributed by atoms with Gasteiger partial charge in [-0.25, -0.2) is 9.78 Å². The van der Waals surface area contributed by atoms with Crippen molar-refractivity contribution in [2.45, 2.75) is 20.3 Å². The molecule has 3 rings (SSSR count). The number of H-pyrrole nitrogens is 1. The Balaban J connectivity index is 2.02. The van der Waals surface area contributed by atoms with E-state index in [4.69, 9.17) is 9.84 Å². The molecule has 2 amide bonds. The Morgan fingerprint density at radius 2 is 2.21 bits per heavy atom. The maximum atomic E-state index is 12.5. The summed E-state index contributed by atoms with van der Waals surface area (Å²) in [6, 6.07) is 4.71. The van der Waals surface area contributed by atoms with Crippen molar-refractivity contribution in [2.75, 3.05) is 25.1 Å². The van der Waals surface area contributed by atoms with Crippen LogP contribution in [0, 0.1) is 6.92 Å². The molecule has 1 aromatic carbocycles. The van der Waals surface area contributed by atoms with E-state index in [1.54, 1.807) is 18.2 Å². The summed E-state index contributed by atoms with van der Waals surface area (Å²) in [6.07, 6.45) is 0.829. The van der Waals surface area contributed by atoms with E-state index in [1.807, 2.05) is 19.2 Å². The van der Waals surface area contributed by atoms with Crippen LogP contribution in [0.1, 0.15) is 18.9 Å². The van der Waals surface area contributed by atoms with Crippen molar-refractivity contribution in [3.05, 3.63) is 39.5 Å². The van der Waals surface area contributed by atoms with Crippen molar-refractivity contribution in [1.29, 1.82) is 0 Å². The Morgan fingerprint density at radius 3 is 2.96 bits per heavy atom. The molecule has 28 heavy (non-hydrogen) atoms. The summed E-state index contributed by atoms with van der Waals surface area (Å²) in [5, 5.41) is 16.5. The predicted molar refractivity (Wildman–Crippen MR) is 110 cm³/mol. The predicted octanol–water partition coefficient (Wildman–Crippen LogP) is 2.86. The second kappa shape index (κ2) is 8.85. The Morgan fingerprint density at radius 1 is 1.39 bits per heavy atom. The van der Waals surface area contributed by atoms with E-state index in [2.05, 4.69) is 20.6 Å². The zero-order valence-electron chi connectivity index (χ0n) is 15.7. The van der Waals surface area contributed by atoms with Gasteiger partial charge in [-0.05, 0) is 42.5 Å². The van der Waals surface area contributed by atoms with Gasteiger partial charge in [0.05, 0.1) is 24.2 Å². The third kappa shape index (κ3) is 4.32. The summed E-state index contributed by atoms with van der Waals surface area (Å²) in [6.45, 7) is 4.40. The molecular formula is C19H22N4O4S. The number of ether oxygens (including phenoxy) is 1. The molecule has 0 fully saturated rings. The summed E-state index contributed by atoms with van der Waals surface area (Å²) in [5.41, 5.74) is 1.77. The summed E-state index contributed by atoms with van der Waals surface area (Å²) in [4.78, 5) is 32.5. The molecule has 0 unspecified atom stereocenters. The van der Waals surface area contributed by atoms with Gasteiger partial charge >= 0.3 is 6.03 Å². The normalized spacial score (nSPS) is 10.8. The number of nitrogens with zero attached hydrogens (tertiary/aromatic N) is 1. The number of thiophene rings is 1. The molecule has 2 aromatic heterocycles. The van der Waals surface area contributed by atoms with Crippen LogP contribution in [0.3, 0.4) is 0 Å². The zero-order chi connectivity index (χ0) is 20.1. The zero-order valence-corrected chi connectivity index (χ0v) is 16.5. The molecule has 2 heterocycles. The molecule has 3 aromatic rings. The van der Waals surface area contributed by atoms with Crippen LogP contribution in [0.5, 0.6) is 5.75 Å². The Labute approximate surface area is 165 Å². The molecular weight excluding hydrogens is 380 g/mol. The number of aryl methyl sites for hydroxylation is 1. The third-order valence-corrected chi connectivity index (χ3v) is 4.97. The van der Waals surface area contributed by atoms with E-state index in [-0.39, 0.29) is 18.7 Å². The minimum Gasteiger partial charge on any atom is -0.493 e. The van der Waals surface area contributed by atoms with Crippen LogP contribution in [0.2, 0.25) is 0 Å². The summed E-state index contributed by atoms with van der Waals surface area (Å²) in [5.74, 6) is 0.948. The van der Waals surface area contributed by atoms with Crippen molar-refractivity contribution < 1.29 is 14.6 Å². The van der Waals surface area contributed by atoms with Crippen LogP contribution in [0.25, 0.3) is 21.6 Å². The number of aromatic nitrogens is 2. The lowest BCUT2D eigenvalue weighted by molar-refractivity contribution is 0.245. The smallest absolute Gasteiger partial charge is 0.319 e. The van der Waals surface area contributed by atoms with Crippen molar-refractivity contribution in [1.82, 2.24) is 15.3 Å². The van der Waals surface area contributed by atoms with Gasteiger partial charge in [0, 0.05) is 12.2 Å². The van der Waals surface area contributed by atoms with Gasteiger partial charge in [-0.2, -0.15) is 0 Å². The number of fused-ring (bicyclic) bond motifs is 1. The van der Waals surface area contributed by atoms with E-state index in [9.17, 15) is 9.59 Å². The van der Waals surface area contributed by atoms with E-state index in [0.29, 0.717) is 39.6 Å². The van der Waals surface area contributed by atoms with Gasteiger partial charge in [0.2, 0.25) is 0 Å². The molecule has 0 saturated carbocycles. The van der Waals surface area contributed by atoms with E-state index in [1.165, 1.54) is 11.3 Å². The fraction of sp³-hybridized carbons (Fsp3) is 0.316. The molecule has 0 atom stereocenters. The molecule has 8 nitrogen and oxygen atoms in total. The molecule has 0 saturated heterocycles. The van der Waals surface area contributed by atoms with Crippen molar-refractivity contribution >= 4 is 33.3 Å². The highest BCUT2D eigenvalue weighted by Gasteiger charge is 2.15. The lowest BCUT2D eigenvalue weighted by Gasteiger charge is -2.13. The minimum atomic E-state index is -0.437. The number of amides is 2. The lowest BCUT2D eigenvalue weighted by atomic mass is 10.1. The summed E-state index contributed by atoms with van der Waals surface area (Å²) in [7, 11) is 0. The Hall–Kier alpha value is -2.91. The first kappa shape index (κ1) is 19.8. The first-order valence-electron chi connectivity index (χ1n) is 8.94. The SMILES string of the molecule is CCCOc1ccc(NC(=O)NCCO)cc1-c1nc2scc(C)c2c(=O)[nH]1. The van der Waals surface area contributed by atoms with E-state index >= 15 is 0 Å². The number of hydrogen-bond donors (Lipinski definition) is 4. The summed E-state index contributed by atoms with van der Waals surface area (Å²) < 4.78 is 5.80. The van der Waals surface area contributed by atoms with Gasteiger partial charge in [0.1, 0.15) is 16.4 Å². The topological polar surface area (TPSA) is 116 Å². The molecule has 4 N–H and O–H groups in total. The van der Waals surface area contributed by atoms with Crippen LogP contribution in [0.15, 0.2) is 28.4 Å². The van der Waals surface area contributed by atoms with E-state index in [0.717, 1.165) is 12.0 Å². The molecule has 0 spiro atoms. The number of nitrogens with one attached hydrogen (secondary N) is 3. The average Bonchev–Trinajstić information content (AvgIpc) is 3.06. The molecule has 9 heteroatoms. The van der Waals surface area contributed by atoms with Crippen LogP contribution in [0.4, 0.5) is 10.5 Å². The number of carbonyl (C=O) groups is 1. The number of aromatic amines is 1. The van der Waals surface area contributed by atoms with Gasteiger partial charge in [-0.15, -0.1) is 11.3 Å². The molecule has 0 aliphatic heterocycles. The maximum Gasteiger partial charge on any atom is 0.319 e. The number of aliphatic hydroxyl groups excluding tert-OH is 1. The van der Waals surface area contributed by atoms with Gasteiger partial charge in [-0.3, -0.25) is 4.79 Å². The number of carbonyl (C=O) groups excluding carboxylic acids is 1. The van der Waals surface area contributed by atoms with Gasteiger partial charge in [0.15, 0.2) is 0 Å². The summed E-state index contributed by atoms with van der Waals surface area (Å²) >= 11 is 1.41. The van der Waals surface area contributed by atoms with Crippen LogP contribution in [-0.4, -0.2) is 40.9 Å². The lowest BCUT2D eigenvalue weighted by Crippen LogP contribution is -2.30. The second-order valence-corrected chi connectivity index (χ2v) is 7.04. The number of hydrogen-bond acceptors (Lipinski definition) is 6. The van der Waals surface area contributed by atoms with Gasteiger partial charge in [0.25, 0.3) is 5.56 Å². The number of urea groups is 1. The second-order valence-electron chi connectivity index (χ2n) is 6.18. The number of anilines is 1. The van der Waals surface area contributed by atoms with Crippen LogP contribution >= 0.6 is 11.3 Å². The Bertz CT molecular complexity index is 1040. The number of rotatable bonds is 7. The fourth-order valence-electron chi connectivity index (χ4n) is 2.69. The first-order chi connectivity index (χ1) is 13.5. The number of aliphatic hydroxyl groups is 1. The van der Waals surface area contributed by atoms with Gasteiger partial charge < -0.3 is 25.5 Å². The highest BCUT2D eigenvalue weighted by molar-refractivity contribution is 7.16. The highest BCUT2D eigenvalue weighted by Crippen LogP contribution is 2.32. The van der Waals surface area contributed by atoms with Crippen molar-refractivity contribution in [3.63, 3.8) is 0 Å². The van der Waals surface area contributed by atoms with Crippen molar-refractivity contribution in [3.8, 4) is 17.1 Å².